The molecule has 0 aromatic heterocycles. The Kier molecular flexibility index (Phi) is 3.47. The zero-order valence-corrected chi connectivity index (χ0v) is 9.69. The van der Waals surface area contributed by atoms with Crippen molar-refractivity contribution in [3.8, 4) is 0 Å². The van der Waals surface area contributed by atoms with E-state index in [-0.39, 0.29) is 19.2 Å². The number of hydrogen-bond acceptors (Lipinski definition) is 7. The van der Waals surface area contributed by atoms with Crippen molar-refractivity contribution in [2.75, 3.05) is 13.3 Å². The molecule has 0 amide bonds. The van der Waals surface area contributed by atoms with Crippen LogP contribution in [-0.2, 0) is 0 Å². The molecule has 7 nitrogen and oxygen atoms in total. The zero-order chi connectivity index (χ0) is 13.1. The van der Waals surface area contributed by atoms with Crippen LogP contribution in [0.2, 0.25) is 0 Å². The van der Waals surface area contributed by atoms with E-state index in [1.165, 1.54) is 5.01 Å². The predicted molar refractivity (Wildman–Crippen MR) is 67.0 cm³/mol. The Morgan fingerprint density at radius 1 is 1.17 bits per heavy atom. The van der Waals surface area contributed by atoms with Crippen LogP contribution in [0.4, 0.5) is 0 Å². The molecule has 0 aliphatic carbocycles. The molecule has 18 heavy (non-hydrogen) atoms. The summed E-state index contributed by atoms with van der Waals surface area (Å²) in [6, 6.07) is 9.22. The average Bonchev–Trinajstić information content (AvgIpc) is 2.39. The second kappa shape index (κ2) is 5.05. The van der Waals surface area contributed by atoms with Gasteiger partial charge in [0, 0.05) is 11.1 Å². The van der Waals surface area contributed by atoms with Gasteiger partial charge in [-0.2, -0.15) is 0 Å². The summed E-state index contributed by atoms with van der Waals surface area (Å²) >= 11 is 0. The number of nitrogens with zero attached hydrogens (tertiary/aromatic N) is 3. The quantitative estimate of drug-likeness (QED) is 0.512. The SMILES string of the molecule is NC1=NN(N)N(CO)C(c2ccccc2)=C1CO. The van der Waals surface area contributed by atoms with Crippen molar-refractivity contribution in [3.63, 3.8) is 0 Å². The first-order chi connectivity index (χ1) is 8.69. The summed E-state index contributed by atoms with van der Waals surface area (Å²) in [6.45, 7) is -0.662. The number of hydrazone groups is 1. The number of hydrazine groups is 2. The molecule has 1 heterocycles. The minimum atomic E-state index is -0.374. The maximum atomic E-state index is 9.41. The van der Waals surface area contributed by atoms with Crippen LogP contribution in [0.5, 0.6) is 0 Å². The van der Waals surface area contributed by atoms with Crippen LogP contribution in [0, 0.1) is 0 Å². The Labute approximate surface area is 104 Å². The number of aliphatic hydroxyl groups excluding tert-OH is 2. The van der Waals surface area contributed by atoms with Crippen LogP contribution in [-0.4, -0.2) is 39.6 Å². The van der Waals surface area contributed by atoms with E-state index >= 15 is 0 Å². The van der Waals surface area contributed by atoms with Crippen LogP contribution in [0.3, 0.4) is 0 Å². The fourth-order valence-electron chi connectivity index (χ4n) is 1.81. The minimum Gasteiger partial charge on any atom is -0.391 e. The topological polar surface area (TPSA) is 111 Å². The maximum Gasteiger partial charge on any atom is 0.154 e. The smallest absolute Gasteiger partial charge is 0.154 e. The van der Waals surface area contributed by atoms with E-state index in [4.69, 9.17) is 11.6 Å². The second-order valence-corrected chi connectivity index (χ2v) is 3.70. The minimum absolute atomic E-state index is 0.128. The Bertz CT molecular complexity index is 485. The van der Waals surface area contributed by atoms with Crippen molar-refractivity contribution >= 4 is 11.5 Å². The van der Waals surface area contributed by atoms with Crippen molar-refractivity contribution in [1.82, 2.24) is 10.2 Å². The molecule has 1 aromatic rings. The molecular formula is C11H15N5O2. The summed E-state index contributed by atoms with van der Waals surface area (Å²) in [5.41, 5.74) is 7.47. The molecule has 6 N–H and O–H groups in total. The van der Waals surface area contributed by atoms with E-state index in [0.717, 1.165) is 10.8 Å². The van der Waals surface area contributed by atoms with E-state index in [2.05, 4.69) is 5.10 Å². The summed E-state index contributed by atoms with van der Waals surface area (Å²) < 4.78 is 0. The Balaban J connectivity index is 2.58. The highest BCUT2D eigenvalue weighted by Crippen LogP contribution is 2.26. The van der Waals surface area contributed by atoms with Gasteiger partial charge in [0.25, 0.3) is 0 Å². The molecule has 1 aromatic carbocycles. The third-order valence-corrected chi connectivity index (χ3v) is 2.65. The number of rotatable bonds is 3. The number of nitrogens with two attached hydrogens (primary N) is 2. The van der Waals surface area contributed by atoms with Gasteiger partial charge in [0.15, 0.2) is 5.84 Å². The number of benzene rings is 1. The van der Waals surface area contributed by atoms with Crippen LogP contribution in [0.1, 0.15) is 5.56 Å². The number of amidine groups is 1. The van der Waals surface area contributed by atoms with Gasteiger partial charge in [-0.1, -0.05) is 30.3 Å². The second-order valence-electron chi connectivity index (χ2n) is 3.70. The van der Waals surface area contributed by atoms with Crippen LogP contribution in [0.25, 0.3) is 5.70 Å². The first-order valence-electron chi connectivity index (χ1n) is 5.36. The highest BCUT2D eigenvalue weighted by atomic mass is 16.3. The fraction of sp³-hybridized carbons (Fsp3) is 0.182. The van der Waals surface area contributed by atoms with E-state index in [0.29, 0.717) is 11.3 Å². The summed E-state index contributed by atoms with van der Waals surface area (Å²) in [7, 11) is 0. The Morgan fingerprint density at radius 3 is 2.39 bits per heavy atom. The normalized spacial score (nSPS) is 16.1. The van der Waals surface area contributed by atoms with Crippen molar-refractivity contribution in [2.45, 2.75) is 0 Å². The highest BCUT2D eigenvalue weighted by Gasteiger charge is 2.26. The van der Waals surface area contributed by atoms with Gasteiger partial charge in [0.2, 0.25) is 0 Å². The van der Waals surface area contributed by atoms with Crippen LogP contribution in [0.15, 0.2) is 41.0 Å². The van der Waals surface area contributed by atoms with E-state index in [9.17, 15) is 10.2 Å². The molecule has 0 fully saturated rings. The molecule has 0 radical (unpaired) electrons. The largest absolute Gasteiger partial charge is 0.391 e. The Morgan fingerprint density at radius 2 is 1.83 bits per heavy atom. The summed E-state index contributed by atoms with van der Waals surface area (Å²) in [4.78, 5) is 0. The van der Waals surface area contributed by atoms with Crippen molar-refractivity contribution in [1.29, 1.82) is 0 Å². The maximum absolute atomic E-state index is 9.41. The van der Waals surface area contributed by atoms with Gasteiger partial charge < -0.3 is 15.9 Å². The average molecular weight is 249 g/mol. The van der Waals surface area contributed by atoms with Gasteiger partial charge in [-0.05, 0) is 0 Å². The highest BCUT2D eigenvalue weighted by molar-refractivity contribution is 6.04. The van der Waals surface area contributed by atoms with E-state index in [1.807, 2.05) is 30.3 Å². The Hall–Kier alpha value is -2.09. The van der Waals surface area contributed by atoms with Crippen molar-refractivity contribution in [3.05, 3.63) is 41.5 Å². The molecule has 0 atom stereocenters. The summed E-state index contributed by atoms with van der Waals surface area (Å²) in [6.07, 6.45) is 0. The van der Waals surface area contributed by atoms with Gasteiger partial charge in [-0.3, -0.25) is 0 Å². The zero-order valence-electron chi connectivity index (χ0n) is 9.69. The number of hydrogen-bond donors (Lipinski definition) is 4. The molecule has 1 aliphatic heterocycles. The van der Waals surface area contributed by atoms with Crippen molar-refractivity contribution in [2.24, 2.45) is 16.7 Å². The fourth-order valence-corrected chi connectivity index (χ4v) is 1.81. The molecule has 0 saturated carbocycles. The lowest BCUT2D eigenvalue weighted by Gasteiger charge is -2.35. The first-order valence-corrected chi connectivity index (χ1v) is 5.36. The van der Waals surface area contributed by atoms with Gasteiger partial charge >= 0.3 is 0 Å². The lowest BCUT2D eigenvalue weighted by atomic mass is 10.1. The molecule has 0 unspecified atom stereocenters. The summed E-state index contributed by atoms with van der Waals surface area (Å²) in [5.74, 6) is 5.77. The predicted octanol–water partition coefficient (Wildman–Crippen LogP) is -0.982. The van der Waals surface area contributed by atoms with Gasteiger partial charge in [0.05, 0.1) is 12.3 Å². The van der Waals surface area contributed by atoms with Gasteiger partial charge in [-0.15, -0.1) is 10.3 Å². The van der Waals surface area contributed by atoms with E-state index in [1.54, 1.807) is 0 Å². The van der Waals surface area contributed by atoms with E-state index < -0.39 is 0 Å². The number of aliphatic hydroxyl groups is 2. The monoisotopic (exact) mass is 249 g/mol. The molecule has 0 spiro atoms. The molecule has 0 saturated heterocycles. The molecule has 2 rings (SSSR count). The van der Waals surface area contributed by atoms with Crippen LogP contribution >= 0.6 is 0 Å². The lowest BCUT2D eigenvalue weighted by Crippen LogP contribution is -2.48. The third kappa shape index (κ3) is 2.02. The molecule has 96 valence electrons. The summed E-state index contributed by atoms with van der Waals surface area (Å²) in [5, 5.41) is 24.9. The van der Waals surface area contributed by atoms with Gasteiger partial charge in [-0.25, -0.2) is 10.9 Å². The standard InChI is InChI=1S/C11H15N5O2/c12-11-9(6-17)10(8-4-2-1-3-5-8)15(7-18)16(13)14-11/h1-5,17-18H,6-7,13H2,(H2,12,14). The van der Waals surface area contributed by atoms with Crippen LogP contribution < -0.4 is 11.6 Å². The lowest BCUT2D eigenvalue weighted by molar-refractivity contribution is -0.0337. The molecule has 1 aliphatic rings. The molecule has 0 bridgehead atoms. The molecular weight excluding hydrogens is 234 g/mol. The first kappa shape index (κ1) is 12.4. The van der Waals surface area contributed by atoms with Gasteiger partial charge in [0.1, 0.15) is 6.73 Å². The third-order valence-electron chi connectivity index (χ3n) is 2.65. The molecule has 7 heteroatoms. The van der Waals surface area contributed by atoms with Crippen molar-refractivity contribution < 1.29 is 10.2 Å².